The Hall–Kier alpha value is -1.80. The summed E-state index contributed by atoms with van der Waals surface area (Å²) in [7, 11) is 0. The second kappa shape index (κ2) is 5.23. The Morgan fingerprint density at radius 3 is 1.83 bits per heavy atom. The molecule has 0 heterocycles. The molecule has 0 atom stereocenters. The number of nitriles is 1. The average molecular weight is 240 g/mol. The van der Waals surface area contributed by atoms with Crippen LogP contribution in [0.3, 0.4) is 0 Å². The predicted octanol–water partition coefficient (Wildman–Crippen LogP) is 4.97. The smallest absolute Gasteiger partial charge is 0.194 e. The van der Waals surface area contributed by atoms with Gasteiger partial charge in [-0.25, -0.2) is 4.85 Å². The zero-order chi connectivity index (χ0) is 14.0. The maximum atomic E-state index is 9.41. The molecule has 2 heteroatoms. The fraction of sp³-hybridized carbons (Fsp3) is 0.500. The van der Waals surface area contributed by atoms with Gasteiger partial charge in [0.05, 0.1) is 18.2 Å². The maximum absolute atomic E-state index is 9.41. The van der Waals surface area contributed by atoms with Gasteiger partial charge in [0.25, 0.3) is 0 Å². The molecule has 0 N–H and O–H groups in total. The normalized spacial score (nSPS) is 10.6. The Kier molecular flexibility index (Phi) is 4.15. The predicted molar refractivity (Wildman–Crippen MR) is 75.1 cm³/mol. The van der Waals surface area contributed by atoms with Crippen LogP contribution in [0.1, 0.15) is 67.3 Å². The summed E-state index contributed by atoms with van der Waals surface area (Å²) in [6.07, 6.45) is 0. The number of benzene rings is 1. The van der Waals surface area contributed by atoms with Crippen molar-refractivity contribution < 1.29 is 0 Å². The summed E-state index contributed by atoms with van der Waals surface area (Å²) in [5, 5.41) is 9.41. The zero-order valence-electron chi connectivity index (χ0n) is 12.0. The standard InChI is InChI=1S/C16H20N2/c1-9(2)14-13(8-17)11(5)12(6)16(18-7)15(14)10(3)4/h9-10H,1-6H3. The number of hydrogen-bond acceptors (Lipinski definition) is 1. The van der Waals surface area contributed by atoms with E-state index in [0.29, 0.717) is 0 Å². The highest BCUT2D eigenvalue weighted by atomic mass is 14.7. The number of nitrogens with zero attached hydrogens (tertiary/aromatic N) is 2. The quantitative estimate of drug-likeness (QED) is 0.670. The van der Waals surface area contributed by atoms with Crippen LogP contribution in [0.25, 0.3) is 4.85 Å². The monoisotopic (exact) mass is 240 g/mol. The van der Waals surface area contributed by atoms with Gasteiger partial charge >= 0.3 is 0 Å². The molecule has 0 fully saturated rings. The molecule has 0 radical (unpaired) electrons. The number of hydrogen-bond donors (Lipinski definition) is 0. The minimum Gasteiger partial charge on any atom is -0.238 e. The van der Waals surface area contributed by atoms with Crippen LogP contribution in [0.5, 0.6) is 0 Å². The summed E-state index contributed by atoms with van der Waals surface area (Å²) in [5.41, 5.74) is 5.52. The number of rotatable bonds is 2. The minimum absolute atomic E-state index is 0.261. The summed E-state index contributed by atoms with van der Waals surface area (Å²) in [6.45, 7) is 19.7. The van der Waals surface area contributed by atoms with E-state index in [1.54, 1.807) is 0 Å². The molecular weight excluding hydrogens is 220 g/mol. The van der Waals surface area contributed by atoms with E-state index in [4.69, 9.17) is 6.57 Å². The Morgan fingerprint density at radius 2 is 1.50 bits per heavy atom. The topological polar surface area (TPSA) is 28.1 Å². The molecule has 0 unspecified atom stereocenters. The fourth-order valence-electron chi connectivity index (χ4n) is 2.50. The molecule has 1 aromatic carbocycles. The molecule has 0 amide bonds. The lowest BCUT2D eigenvalue weighted by Crippen LogP contribution is -2.06. The molecule has 18 heavy (non-hydrogen) atoms. The molecule has 2 nitrogen and oxygen atoms in total. The molecule has 0 aromatic heterocycles. The van der Waals surface area contributed by atoms with E-state index in [2.05, 4.69) is 38.6 Å². The SMILES string of the molecule is [C-]#[N+]c1c(C)c(C)c(C#N)c(C(C)C)c1C(C)C. The van der Waals surface area contributed by atoms with Crippen LogP contribution in [-0.2, 0) is 0 Å². The molecular formula is C16H20N2. The lowest BCUT2D eigenvalue weighted by atomic mass is 9.82. The fourth-order valence-corrected chi connectivity index (χ4v) is 2.50. The summed E-state index contributed by atoms with van der Waals surface area (Å²) < 4.78 is 0. The second-order valence-corrected chi connectivity index (χ2v) is 5.33. The second-order valence-electron chi connectivity index (χ2n) is 5.33. The first-order valence-electron chi connectivity index (χ1n) is 6.31. The van der Waals surface area contributed by atoms with Gasteiger partial charge in [0.2, 0.25) is 0 Å². The highest BCUT2D eigenvalue weighted by molar-refractivity contribution is 5.70. The molecule has 0 aliphatic heterocycles. The van der Waals surface area contributed by atoms with Crippen LogP contribution in [0.4, 0.5) is 5.69 Å². The van der Waals surface area contributed by atoms with Crippen LogP contribution in [0.15, 0.2) is 0 Å². The van der Waals surface area contributed by atoms with Crippen molar-refractivity contribution in [3.63, 3.8) is 0 Å². The van der Waals surface area contributed by atoms with Gasteiger partial charge in [0.15, 0.2) is 5.69 Å². The molecule has 0 aliphatic rings. The van der Waals surface area contributed by atoms with Crippen molar-refractivity contribution in [3.8, 4) is 6.07 Å². The Balaban J connectivity index is 3.94. The lowest BCUT2D eigenvalue weighted by molar-refractivity contribution is 0.787. The van der Waals surface area contributed by atoms with E-state index >= 15 is 0 Å². The van der Waals surface area contributed by atoms with Crippen molar-refractivity contribution in [3.05, 3.63) is 39.2 Å². The Morgan fingerprint density at radius 1 is 1.00 bits per heavy atom. The molecule has 0 saturated heterocycles. The van der Waals surface area contributed by atoms with Crippen molar-refractivity contribution in [2.45, 2.75) is 53.4 Å². The molecule has 94 valence electrons. The summed E-state index contributed by atoms with van der Waals surface area (Å²) >= 11 is 0. The summed E-state index contributed by atoms with van der Waals surface area (Å²) in [5.74, 6) is 0.523. The minimum atomic E-state index is 0.261. The van der Waals surface area contributed by atoms with Crippen molar-refractivity contribution in [2.75, 3.05) is 0 Å². The van der Waals surface area contributed by atoms with Crippen LogP contribution in [0, 0.1) is 31.8 Å². The van der Waals surface area contributed by atoms with Gasteiger partial charge in [-0.3, -0.25) is 0 Å². The van der Waals surface area contributed by atoms with Gasteiger partial charge in [-0.1, -0.05) is 27.7 Å². The van der Waals surface area contributed by atoms with Gasteiger partial charge < -0.3 is 0 Å². The van der Waals surface area contributed by atoms with Gasteiger partial charge in [-0.05, 0) is 47.9 Å². The van der Waals surface area contributed by atoms with Crippen molar-refractivity contribution in [1.82, 2.24) is 0 Å². The highest BCUT2D eigenvalue weighted by Crippen LogP contribution is 2.41. The maximum Gasteiger partial charge on any atom is 0.194 e. The molecule has 0 saturated carbocycles. The molecule has 0 aliphatic carbocycles. The molecule has 0 bridgehead atoms. The first kappa shape index (κ1) is 14.3. The first-order valence-corrected chi connectivity index (χ1v) is 6.31. The van der Waals surface area contributed by atoms with Crippen LogP contribution in [-0.4, -0.2) is 0 Å². The van der Waals surface area contributed by atoms with E-state index in [9.17, 15) is 5.26 Å². The average Bonchev–Trinajstić information content (AvgIpc) is 2.30. The van der Waals surface area contributed by atoms with Gasteiger partial charge in [-0.15, -0.1) is 0 Å². The van der Waals surface area contributed by atoms with Crippen molar-refractivity contribution in [1.29, 1.82) is 5.26 Å². The van der Waals surface area contributed by atoms with E-state index in [-0.39, 0.29) is 11.8 Å². The van der Waals surface area contributed by atoms with E-state index in [0.717, 1.165) is 33.5 Å². The molecule has 1 rings (SSSR count). The molecule has 1 aromatic rings. The van der Waals surface area contributed by atoms with Crippen molar-refractivity contribution in [2.24, 2.45) is 0 Å². The third-order valence-electron chi connectivity index (χ3n) is 3.49. The van der Waals surface area contributed by atoms with E-state index in [1.807, 2.05) is 13.8 Å². The first-order chi connectivity index (χ1) is 8.36. The van der Waals surface area contributed by atoms with E-state index in [1.165, 1.54) is 0 Å². The Bertz CT molecular complexity index is 501. The summed E-state index contributed by atoms with van der Waals surface area (Å²) in [4.78, 5) is 3.71. The molecule has 0 spiro atoms. The third kappa shape index (κ3) is 2.12. The van der Waals surface area contributed by atoms with Crippen LogP contribution in [0.2, 0.25) is 0 Å². The summed E-state index contributed by atoms with van der Waals surface area (Å²) in [6, 6.07) is 2.33. The van der Waals surface area contributed by atoms with Crippen LogP contribution >= 0.6 is 0 Å². The van der Waals surface area contributed by atoms with Crippen molar-refractivity contribution >= 4 is 5.69 Å². The zero-order valence-corrected chi connectivity index (χ0v) is 12.0. The lowest BCUT2D eigenvalue weighted by Gasteiger charge is -2.23. The van der Waals surface area contributed by atoms with E-state index < -0.39 is 0 Å². The largest absolute Gasteiger partial charge is 0.238 e. The highest BCUT2D eigenvalue weighted by Gasteiger charge is 2.23. The van der Waals surface area contributed by atoms with Gasteiger partial charge in [0.1, 0.15) is 0 Å². The Labute approximate surface area is 110 Å². The third-order valence-corrected chi connectivity index (χ3v) is 3.49. The van der Waals surface area contributed by atoms with Gasteiger partial charge in [-0.2, -0.15) is 5.26 Å². The van der Waals surface area contributed by atoms with Gasteiger partial charge in [0, 0.05) is 0 Å². The van der Waals surface area contributed by atoms with Crippen LogP contribution < -0.4 is 0 Å².